The van der Waals surface area contributed by atoms with Crippen molar-refractivity contribution in [3.63, 3.8) is 0 Å². The van der Waals surface area contributed by atoms with Crippen LogP contribution >= 0.6 is 0 Å². The molecule has 3 aliphatic rings. The van der Waals surface area contributed by atoms with E-state index < -0.39 is 0 Å². The highest BCUT2D eigenvalue weighted by Crippen LogP contribution is 2.48. The first-order valence-corrected chi connectivity index (χ1v) is 14.6. The zero-order valence-corrected chi connectivity index (χ0v) is 23.3. The molecule has 1 aromatic heterocycles. The second-order valence-electron chi connectivity index (χ2n) is 11.3. The van der Waals surface area contributed by atoms with Crippen LogP contribution in [0.4, 0.5) is 0 Å². The minimum absolute atomic E-state index is 0.140. The molecule has 2 aliphatic carbocycles. The fourth-order valence-corrected chi connectivity index (χ4v) is 6.47. The number of hydrogen-bond acceptors (Lipinski definition) is 4. The summed E-state index contributed by atoms with van der Waals surface area (Å²) in [6.07, 6.45) is 13.6. The molecule has 0 saturated carbocycles. The number of hydrogen-bond donors (Lipinski definition) is 0. The summed E-state index contributed by atoms with van der Waals surface area (Å²) in [7, 11) is 0. The van der Waals surface area contributed by atoms with Crippen molar-refractivity contribution in [1.82, 2.24) is 9.97 Å². The molecule has 8 rings (SSSR count). The van der Waals surface area contributed by atoms with Crippen LogP contribution in [0.3, 0.4) is 0 Å². The van der Waals surface area contributed by atoms with Crippen LogP contribution in [-0.4, -0.2) is 16.1 Å². The molecule has 4 nitrogen and oxygen atoms in total. The fraction of sp³-hybridized carbons (Fsp3) is 0.103. The molecule has 0 saturated heterocycles. The normalized spacial score (nSPS) is 20.9. The molecular formula is C39H27N3O. The second-order valence-corrected chi connectivity index (χ2v) is 11.3. The van der Waals surface area contributed by atoms with Gasteiger partial charge in [-0.25, -0.2) is 9.97 Å². The van der Waals surface area contributed by atoms with Crippen LogP contribution in [0.5, 0.6) is 5.75 Å². The third kappa shape index (κ3) is 4.56. The van der Waals surface area contributed by atoms with Gasteiger partial charge in [-0.2, -0.15) is 5.26 Å². The van der Waals surface area contributed by atoms with Crippen LogP contribution in [0.25, 0.3) is 45.0 Å². The third-order valence-corrected chi connectivity index (χ3v) is 8.69. The van der Waals surface area contributed by atoms with E-state index in [2.05, 4.69) is 85.0 Å². The van der Waals surface area contributed by atoms with E-state index >= 15 is 0 Å². The molecule has 4 heteroatoms. The molecule has 204 valence electrons. The van der Waals surface area contributed by atoms with Crippen LogP contribution in [0, 0.1) is 23.2 Å². The number of ether oxygens (including phenoxy) is 1. The van der Waals surface area contributed by atoms with Crippen LogP contribution in [0.15, 0.2) is 140 Å². The molecule has 0 bridgehead atoms. The van der Waals surface area contributed by atoms with E-state index in [0.717, 1.165) is 45.0 Å². The molecule has 2 heterocycles. The van der Waals surface area contributed by atoms with Crippen molar-refractivity contribution in [3.8, 4) is 56.8 Å². The standard InChI is InChI=1S/C39H27N3O/c40-24-25-7-6-11-31(21-25)36-23-35(28-9-2-1-3-10-28)41-39(42-36)29-15-13-26(14-16-29)30-18-19-33-34-20-17-27-8-4-5-12-32(27)38(34)43-37(33)22-30/h1-23,27,32,34,38H. The zero-order valence-electron chi connectivity index (χ0n) is 23.3. The summed E-state index contributed by atoms with van der Waals surface area (Å²) in [6.45, 7) is 0. The summed E-state index contributed by atoms with van der Waals surface area (Å²) in [6, 6.07) is 36.9. The van der Waals surface area contributed by atoms with Crippen molar-refractivity contribution >= 4 is 0 Å². The monoisotopic (exact) mass is 553 g/mol. The Morgan fingerprint density at radius 2 is 1.35 bits per heavy atom. The molecule has 4 unspecified atom stereocenters. The van der Waals surface area contributed by atoms with E-state index in [0.29, 0.717) is 29.1 Å². The van der Waals surface area contributed by atoms with E-state index in [1.165, 1.54) is 5.56 Å². The predicted octanol–water partition coefficient (Wildman–Crippen LogP) is 8.79. The summed E-state index contributed by atoms with van der Waals surface area (Å²) in [5.41, 5.74) is 8.54. The number of rotatable bonds is 4. The maximum absolute atomic E-state index is 9.45. The topological polar surface area (TPSA) is 58.8 Å². The maximum Gasteiger partial charge on any atom is 0.160 e. The van der Waals surface area contributed by atoms with E-state index in [1.807, 2.05) is 54.6 Å². The molecule has 4 atom stereocenters. The van der Waals surface area contributed by atoms with Gasteiger partial charge in [-0.3, -0.25) is 0 Å². The third-order valence-electron chi connectivity index (χ3n) is 8.69. The first kappa shape index (κ1) is 25.2. The largest absolute Gasteiger partial charge is 0.488 e. The van der Waals surface area contributed by atoms with Gasteiger partial charge in [0.2, 0.25) is 0 Å². The molecule has 1 aliphatic heterocycles. The molecule has 5 aromatic rings. The van der Waals surface area contributed by atoms with Gasteiger partial charge >= 0.3 is 0 Å². The lowest BCUT2D eigenvalue weighted by molar-refractivity contribution is 0.149. The van der Waals surface area contributed by atoms with Gasteiger partial charge in [0.1, 0.15) is 11.9 Å². The Balaban J connectivity index is 1.12. The van der Waals surface area contributed by atoms with Crippen molar-refractivity contribution in [2.45, 2.75) is 12.0 Å². The first-order valence-electron chi connectivity index (χ1n) is 14.6. The molecule has 0 amide bonds. The average molecular weight is 554 g/mol. The molecule has 43 heavy (non-hydrogen) atoms. The van der Waals surface area contributed by atoms with E-state index in [4.69, 9.17) is 14.7 Å². The summed E-state index contributed by atoms with van der Waals surface area (Å²) in [4.78, 5) is 9.89. The smallest absolute Gasteiger partial charge is 0.160 e. The quantitative estimate of drug-likeness (QED) is 0.209. The average Bonchev–Trinajstić information content (AvgIpc) is 3.47. The van der Waals surface area contributed by atoms with Gasteiger partial charge in [0.25, 0.3) is 0 Å². The van der Waals surface area contributed by atoms with Crippen LogP contribution in [0.1, 0.15) is 17.0 Å². The highest BCUT2D eigenvalue weighted by Gasteiger charge is 2.42. The van der Waals surface area contributed by atoms with Crippen molar-refractivity contribution < 1.29 is 4.74 Å². The Labute approximate surface area is 251 Å². The molecule has 0 fully saturated rings. The summed E-state index contributed by atoms with van der Waals surface area (Å²) in [5, 5.41) is 9.45. The minimum Gasteiger partial charge on any atom is -0.488 e. The van der Waals surface area contributed by atoms with Gasteiger partial charge in [-0.1, -0.05) is 115 Å². The zero-order chi connectivity index (χ0) is 28.8. The van der Waals surface area contributed by atoms with Crippen molar-refractivity contribution in [2.24, 2.45) is 11.8 Å². The van der Waals surface area contributed by atoms with Gasteiger partial charge in [0, 0.05) is 40.0 Å². The number of nitriles is 1. The van der Waals surface area contributed by atoms with Crippen LogP contribution < -0.4 is 4.74 Å². The Bertz CT molecular complexity index is 1980. The Morgan fingerprint density at radius 3 is 2.19 bits per heavy atom. The summed E-state index contributed by atoms with van der Waals surface area (Å²) in [5.74, 6) is 2.69. The van der Waals surface area contributed by atoms with E-state index in [1.54, 1.807) is 6.07 Å². The van der Waals surface area contributed by atoms with Gasteiger partial charge < -0.3 is 4.74 Å². The number of allylic oxidation sites excluding steroid dienone is 4. The SMILES string of the molecule is N#Cc1cccc(-c2cc(-c3ccccc3)nc(-c3ccc(-c4ccc5c(c4)OC4C5C=CC5C=CC=CC54)cc3)n2)c1. The van der Waals surface area contributed by atoms with Gasteiger partial charge in [-0.15, -0.1) is 0 Å². The summed E-state index contributed by atoms with van der Waals surface area (Å²) < 4.78 is 6.59. The van der Waals surface area contributed by atoms with Crippen LogP contribution in [-0.2, 0) is 0 Å². The maximum atomic E-state index is 9.45. The highest BCUT2D eigenvalue weighted by atomic mass is 16.5. The highest BCUT2D eigenvalue weighted by molar-refractivity contribution is 5.74. The molecule has 0 spiro atoms. The molecule has 4 aromatic carbocycles. The van der Waals surface area contributed by atoms with Gasteiger partial charge in [0.05, 0.1) is 23.0 Å². The second kappa shape index (κ2) is 10.4. The lowest BCUT2D eigenvalue weighted by Gasteiger charge is -2.33. The van der Waals surface area contributed by atoms with Gasteiger partial charge in [-0.05, 0) is 35.4 Å². The summed E-state index contributed by atoms with van der Waals surface area (Å²) >= 11 is 0. The predicted molar refractivity (Wildman–Crippen MR) is 170 cm³/mol. The molecule has 0 radical (unpaired) electrons. The van der Waals surface area contributed by atoms with Crippen LogP contribution in [0.2, 0.25) is 0 Å². The fourth-order valence-electron chi connectivity index (χ4n) is 6.47. The number of aromatic nitrogens is 2. The molecular weight excluding hydrogens is 526 g/mol. The van der Waals surface area contributed by atoms with E-state index in [9.17, 15) is 5.26 Å². The van der Waals surface area contributed by atoms with Gasteiger partial charge in [0.15, 0.2) is 5.82 Å². The van der Waals surface area contributed by atoms with E-state index in [-0.39, 0.29) is 6.10 Å². The Kier molecular flexibility index (Phi) is 6.09. The number of benzene rings is 4. The number of nitrogens with zero attached hydrogens (tertiary/aromatic N) is 3. The first-order chi connectivity index (χ1) is 21.2. The Morgan fingerprint density at radius 1 is 0.605 bits per heavy atom. The van der Waals surface area contributed by atoms with Crippen molar-refractivity contribution in [1.29, 1.82) is 5.26 Å². The number of fused-ring (bicyclic) bond motifs is 5. The van der Waals surface area contributed by atoms with Crippen molar-refractivity contribution in [2.75, 3.05) is 0 Å². The lowest BCUT2D eigenvalue weighted by Crippen LogP contribution is -2.34. The molecule has 0 N–H and O–H groups in total. The Hall–Kier alpha value is -5.53. The van der Waals surface area contributed by atoms with Crippen molar-refractivity contribution in [3.05, 3.63) is 151 Å². The lowest BCUT2D eigenvalue weighted by atomic mass is 9.74. The minimum atomic E-state index is 0.140.